The molecule has 0 aliphatic carbocycles. The first kappa shape index (κ1) is 27.2. The lowest BCUT2D eigenvalue weighted by Crippen LogP contribution is -2.59. The van der Waals surface area contributed by atoms with Crippen molar-refractivity contribution in [3.8, 4) is 11.5 Å². The van der Waals surface area contributed by atoms with Crippen molar-refractivity contribution in [1.29, 1.82) is 0 Å². The zero-order valence-electron chi connectivity index (χ0n) is 20.9. The van der Waals surface area contributed by atoms with Gasteiger partial charge in [-0.2, -0.15) is 0 Å². The van der Waals surface area contributed by atoms with Crippen LogP contribution in [0.2, 0.25) is 5.02 Å². The van der Waals surface area contributed by atoms with E-state index in [0.717, 1.165) is 5.56 Å². The number of ether oxygens (including phenoxy) is 4. The first-order valence-corrected chi connectivity index (χ1v) is 12.8. The Kier molecular flexibility index (Phi) is 9.23. The highest BCUT2D eigenvalue weighted by Crippen LogP contribution is 2.28. The van der Waals surface area contributed by atoms with Crippen LogP contribution in [-0.2, 0) is 19.1 Å². The lowest BCUT2D eigenvalue weighted by atomic mass is 9.96. The Morgan fingerprint density at radius 1 is 1.00 bits per heavy atom. The maximum absolute atomic E-state index is 13.4. The van der Waals surface area contributed by atoms with E-state index in [2.05, 4.69) is 0 Å². The van der Waals surface area contributed by atoms with Crippen LogP contribution in [0.25, 0.3) is 0 Å². The number of carbonyl (C=O) groups is 2. The molecule has 0 N–H and O–H groups in total. The number of halogens is 2. The number of nitrogens with zero attached hydrogens (tertiary/aromatic N) is 2. The maximum atomic E-state index is 13.4. The summed E-state index contributed by atoms with van der Waals surface area (Å²) in [5.74, 6) is 0.373. The number of aryl methyl sites for hydroxylation is 1. The monoisotopic (exact) mass is 534 g/mol. The summed E-state index contributed by atoms with van der Waals surface area (Å²) in [4.78, 5) is 29.7. The van der Waals surface area contributed by atoms with E-state index in [9.17, 15) is 14.0 Å². The van der Waals surface area contributed by atoms with Gasteiger partial charge >= 0.3 is 0 Å². The van der Waals surface area contributed by atoms with Crippen molar-refractivity contribution in [2.24, 2.45) is 0 Å². The van der Waals surface area contributed by atoms with Gasteiger partial charge in [0, 0.05) is 30.7 Å². The largest absolute Gasteiger partial charge is 0.493 e. The van der Waals surface area contributed by atoms with Crippen molar-refractivity contribution in [3.05, 3.63) is 58.9 Å². The number of benzene rings is 2. The number of carbonyl (C=O) groups excluding carboxylic acids is 2. The number of rotatable bonds is 9. The van der Waals surface area contributed by atoms with Crippen molar-refractivity contribution >= 4 is 23.4 Å². The average Bonchev–Trinajstić information content (AvgIpc) is 2.90. The topological polar surface area (TPSA) is 77.5 Å². The minimum atomic E-state index is -1.01. The summed E-state index contributed by atoms with van der Waals surface area (Å²) in [7, 11) is 0. The summed E-state index contributed by atoms with van der Waals surface area (Å²) >= 11 is 6.14. The first-order valence-electron chi connectivity index (χ1n) is 12.4. The van der Waals surface area contributed by atoms with Gasteiger partial charge in [0.15, 0.2) is 0 Å². The Morgan fingerprint density at radius 3 is 2.51 bits per heavy atom. The Morgan fingerprint density at radius 2 is 1.76 bits per heavy atom. The SMILES string of the molecule is Cc1cc(OCC2(CC(=O)N3CCOCC3)CN(C(=O)CCOc3cccc(F)c3)CCO2)ccc1Cl. The Hall–Kier alpha value is -2.88. The molecule has 10 heteroatoms. The third kappa shape index (κ3) is 7.56. The quantitative estimate of drug-likeness (QED) is 0.490. The van der Waals surface area contributed by atoms with Gasteiger partial charge in [-0.05, 0) is 42.8 Å². The maximum Gasteiger partial charge on any atom is 0.226 e. The van der Waals surface area contributed by atoms with E-state index in [4.69, 9.17) is 30.5 Å². The minimum absolute atomic E-state index is 0.0667. The highest BCUT2D eigenvalue weighted by Gasteiger charge is 2.42. The van der Waals surface area contributed by atoms with Crippen LogP contribution in [-0.4, -0.2) is 86.4 Å². The van der Waals surface area contributed by atoms with Gasteiger partial charge in [0.25, 0.3) is 0 Å². The highest BCUT2D eigenvalue weighted by atomic mass is 35.5. The smallest absolute Gasteiger partial charge is 0.226 e. The fourth-order valence-corrected chi connectivity index (χ4v) is 4.51. The molecule has 2 aliphatic heterocycles. The summed E-state index contributed by atoms with van der Waals surface area (Å²) < 4.78 is 36.5. The third-order valence-electron chi connectivity index (χ3n) is 6.45. The standard InChI is InChI=1S/C27H32ClFN2O6/c1-20-15-23(5-6-24(20)28)36-19-27(17-26(33)30-8-12-34-13-9-30)18-31(10-14-37-27)25(32)7-11-35-22-4-2-3-21(29)16-22/h2-6,15-16H,7-14,17-19H2,1H3. The molecule has 37 heavy (non-hydrogen) atoms. The predicted molar refractivity (Wildman–Crippen MR) is 135 cm³/mol. The number of hydrogen-bond donors (Lipinski definition) is 0. The minimum Gasteiger partial charge on any atom is -0.493 e. The van der Waals surface area contributed by atoms with Crippen molar-refractivity contribution in [1.82, 2.24) is 9.80 Å². The summed E-state index contributed by atoms with van der Waals surface area (Å²) in [5.41, 5.74) is -0.141. The first-order chi connectivity index (χ1) is 17.8. The fourth-order valence-electron chi connectivity index (χ4n) is 4.40. The normalized spacial score (nSPS) is 20.0. The molecule has 8 nitrogen and oxygen atoms in total. The molecule has 0 radical (unpaired) electrons. The van der Waals surface area contributed by atoms with Gasteiger partial charge in [0.1, 0.15) is 29.5 Å². The molecule has 0 bridgehead atoms. The molecular formula is C27H32ClFN2O6. The van der Waals surface area contributed by atoms with Crippen LogP contribution >= 0.6 is 11.6 Å². The van der Waals surface area contributed by atoms with Crippen LogP contribution in [0.4, 0.5) is 4.39 Å². The lowest BCUT2D eigenvalue weighted by molar-refractivity contribution is -0.167. The van der Waals surface area contributed by atoms with Gasteiger partial charge < -0.3 is 28.7 Å². The van der Waals surface area contributed by atoms with E-state index < -0.39 is 11.4 Å². The summed E-state index contributed by atoms with van der Waals surface area (Å²) in [6.07, 6.45) is 0.185. The molecule has 2 heterocycles. The van der Waals surface area contributed by atoms with Crippen LogP contribution in [0.5, 0.6) is 11.5 Å². The molecule has 1 atom stereocenters. The van der Waals surface area contributed by atoms with Crippen molar-refractivity contribution in [2.45, 2.75) is 25.4 Å². The van der Waals surface area contributed by atoms with Gasteiger partial charge in [-0.3, -0.25) is 9.59 Å². The summed E-state index contributed by atoms with van der Waals surface area (Å²) in [6.45, 7) is 4.99. The van der Waals surface area contributed by atoms with E-state index >= 15 is 0 Å². The molecular weight excluding hydrogens is 503 g/mol. The van der Waals surface area contributed by atoms with E-state index in [0.29, 0.717) is 49.4 Å². The average molecular weight is 535 g/mol. The molecule has 4 rings (SSSR count). The number of morpholine rings is 2. The van der Waals surface area contributed by atoms with Gasteiger partial charge in [-0.15, -0.1) is 0 Å². The van der Waals surface area contributed by atoms with E-state index in [1.54, 1.807) is 34.1 Å². The van der Waals surface area contributed by atoms with Crippen molar-refractivity contribution in [2.75, 3.05) is 59.2 Å². The molecule has 0 spiro atoms. The van der Waals surface area contributed by atoms with Gasteiger partial charge in [0.2, 0.25) is 11.8 Å². The van der Waals surface area contributed by atoms with E-state index in [1.165, 1.54) is 12.1 Å². The summed E-state index contributed by atoms with van der Waals surface area (Å²) in [5, 5.41) is 0.635. The predicted octanol–water partition coefficient (Wildman–Crippen LogP) is 3.48. The zero-order chi connectivity index (χ0) is 26.3. The second-order valence-corrected chi connectivity index (χ2v) is 9.68. The Bertz CT molecular complexity index is 1100. The molecule has 2 aromatic rings. The van der Waals surface area contributed by atoms with Gasteiger partial charge in [-0.25, -0.2) is 4.39 Å². The van der Waals surface area contributed by atoms with Crippen molar-refractivity contribution in [3.63, 3.8) is 0 Å². The molecule has 0 saturated carbocycles. The molecule has 2 saturated heterocycles. The van der Waals surface area contributed by atoms with Gasteiger partial charge in [-0.1, -0.05) is 17.7 Å². The molecule has 2 amide bonds. The third-order valence-corrected chi connectivity index (χ3v) is 6.87. The molecule has 2 fully saturated rings. The highest BCUT2D eigenvalue weighted by molar-refractivity contribution is 6.31. The van der Waals surface area contributed by atoms with Crippen LogP contribution in [0.15, 0.2) is 42.5 Å². The molecule has 2 aromatic carbocycles. The number of hydrogen-bond acceptors (Lipinski definition) is 6. The van der Waals surface area contributed by atoms with E-state index in [-0.39, 0.29) is 51.0 Å². The molecule has 2 aliphatic rings. The van der Waals surface area contributed by atoms with Crippen LogP contribution in [0.1, 0.15) is 18.4 Å². The van der Waals surface area contributed by atoms with Crippen LogP contribution < -0.4 is 9.47 Å². The molecule has 0 aromatic heterocycles. The second-order valence-electron chi connectivity index (χ2n) is 9.27. The lowest BCUT2D eigenvalue weighted by Gasteiger charge is -2.43. The molecule has 1 unspecified atom stereocenters. The number of amides is 2. The summed E-state index contributed by atoms with van der Waals surface area (Å²) in [6, 6.07) is 11.1. The van der Waals surface area contributed by atoms with Crippen LogP contribution in [0.3, 0.4) is 0 Å². The Balaban J connectivity index is 1.42. The van der Waals surface area contributed by atoms with E-state index in [1.807, 2.05) is 13.0 Å². The second kappa shape index (κ2) is 12.6. The molecule has 200 valence electrons. The Labute approximate surface area is 221 Å². The van der Waals surface area contributed by atoms with Crippen LogP contribution in [0, 0.1) is 12.7 Å². The van der Waals surface area contributed by atoms with Gasteiger partial charge in [0.05, 0.1) is 45.8 Å². The zero-order valence-corrected chi connectivity index (χ0v) is 21.7. The fraction of sp³-hybridized carbons (Fsp3) is 0.481. The van der Waals surface area contributed by atoms with Crippen molar-refractivity contribution < 1.29 is 32.9 Å².